The van der Waals surface area contributed by atoms with Crippen molar-refractivity contribution < 1.29 is 47.8 Å². The van der Waals surface area contributed by atoms with E-state index in [1.54, 1.807) is 0 Å². The van der Waals surface area contributed by atoms with E-state index >= 15 is 0 Å². The van der Waals surface area contributed by atoms with Gasteiger partial charge in [-0.3, -0.25) is 0 Å². The smallest absolute Gasteiger partial charge is 0.507 e. The predicted octanol–water partition coefficient (Wildman–Crippen LogP) is -0.585. The molecule has 1 aromatic carbocycles. The van der Waals surface area contributed by atoms with Gasteiger partial charge in [0.15, 0.2) is 0 Å². The summed E-state index contributed by atoms with van der Waals surface area (Å²) in [5.41, 5.74) is -1.000. The van der Waals surface area contributed by atoms with Crippen molar-refractivity contribution in [2.75, 3.05) is 0 Å². The van der Waals surface area contributed by atoms with Crippen LogP contribution in [0.3, 0.4) is 0 Å². The zero-order valence-corrected chi connectivity index (χ0v) is 8.39. The van der Waals surface area contributed by atoms with Crippen molar-refractivity contribution >= 4 is 0 Å². The number of benzene rings is 1. The number of rotatable bonds is 0. The molecular formula is C7H5F3NaO+. The van der Waals surface area contributed by atoms with Crippen LogP contribution in [0.1, 0.15) is 5.56 Å². The fourth-order valence-electron chi connectivity index (χ4n) is 0.713. The summed E-state index contributed by atoms with van der Waals surface area (Å²) in [6, 6.07) is 4.39. The van der Waals surface area contributed by atoms with E-state index in [4.69, 9.17) is 5.11 Å². The zero-order chi connectivity index (χ0) is 8.48. The molecule has 1 rings (SSSR count). The molecular weight excluding hydrogens is 180 g/mol. The first-order valence-electron chi connectivity index (χ1n) is 2.87. The first-order valence-corrected chi connectivity index (χ1v) is 2.87. The molecule has 0 saturated carbocycles. The van der Waals surface area contributed by atoms with E-state index in [-0.39, 0.29) is 29.6 Å². The molecule has 0 atom stereocenters. The van der Waals surface area contributed by atoms with Gasteiger partial charge in [0.25, 0.3) is 0 Å². The van der Waals surface area contributed by atoms with Crippen molar-refractivity contribution in [3.05, 3.63) is 29.8 Å². The molecule has 0 aliphatic carbocycles. The van der Waals surface area contributed by atoms with E-state index in [0.717, 1.165) is 12.1 Å². The molecule has 0 radical (unpaired) electrons. The van der Waals surface area contributed by atoms with Crippen LogP contribution >= 0.6 is 0 Å². The Morgan fingerprint density at radius 2 is 1.58 bits per heavy atom. The van der Waals surface area contributed by atoms with Crippen LogP contribution in [0.15, 0.2) is 24.3 Å². The van der Waals surface area contributed by atoms with Gasteiger partial charge in [-0.25, -0.2) is 0 Å². The summed E-state index contributed by atoms with van der Waals surface area (Å²) in [5.74, 6) is -0.736. The monoisotopic (exact) mass is 185 g/mol. The van der Waals surface area contributed by atoms with Gasteiger partial charge in [-0.15, -0.1) is 0 Å². The van der Waals surface area contributed by atoms with E-state index < -0.39 is 17.5 Å². The molecule has 0 aliphatic heterocycles. The van der Waals surface area contributed by atoms with Crippen molar-refractivity contribution in [1.82, 2.24) is 0 Å². The van der Waals surface area contributed by atoms with Crippen LogP contribution < -0.4 is 29.6 Å². The van der Waals surface area contributed by atoms with E-state index in [0.29, 0.717) is 0 Å². The Morgan fingerprint density at radius 3 is 1.92 bits per heavy atom. The standard InChI is InChI=1S/C7H5F3O.Na/c8-7(9,10)5-3-1-2-4-6(5)11;/h1-4,11H;/q;+1. The largest absolute Gasteiger partial charge is 1.00 e. The molecule has 1 aromatic rings. The summed E-state index contributed by atoms with van der Waals surface area (Å²) < 4.78 is 35.7. The van der Waals surface area contributed by atoms with E-state index in [2.05, 4.69) is 0 Å². The number of phenols is 1. The van der Waals surface area contributed by atoms with Crippen LogP contribution in [-0.2, 0) is 6.18 Å². The quantitative estimate of drug-likeness (QED) is 0.536. The van der Waals surface area contributed by atoms with Crippen LogP contribution in [-0.4, -0.2) is 5.11 Å². The summed E-state index contributed by atoms with van der Waals surface area (Å²) >= 11 is 0. The molecule has 0 fully saturated rings. The van der Waals surface area contributed by atoms with Gasteiger partial charge < -0.3 is 5.11 Å². The fourth-order valence-corrected chi connectivity index (χ4v) is 0.713. The molecule has 0 heterocycles. The van der Waals surface area contributed by atoms with Crippen molar-refractivity contribution in [2.24, 2.45) is 0 Å². The molecule has 0 amide bonds. The predicted molar refractivity (Wildman–Crippen MR) is 33.1 cm³/mol. The molecule has 0 saturated heterocycles. The minimum absolute atomic E-state index is 0. The van der Waals surface area contributed by atoms with Crippen molar-refractivity contribution in [3.8, 4) is 5.75 Å². The Hall–Kier alpha value is -0.190. The van der Waals surface area contributed by atoms with Crippen molar-refractivity contribution in [2.45, 2.75) is 6.18 Å². The molecule has 0 unspecified atom stereocenters. The Morgan fingerprint density at radius 1 is 1.08 bits per heavy atom. The molecule has 1 nitrogen and oxygen atoms in total. The third-order valence-electron chi connectivity index (χ3n) is 1.21. The molecule has 0 spiro atoms. The Balaban J connectivity index is 0.00000121. The minimum atomic E-state index is -4.47. The number of halogens is 3. The number of hydrogen-bond donors (Lipinski definition) is 1. The van der Waals surface area contributed by atoms with Gasteiger partial charge >= 0.3 is 35.7 Å². The van der Waals surface area contributed by atoms with E-state index in [1.165, 1.54) is 12.1 Å². The second-order valence-corrected chi connectivity index (χ2v) is 2.01. The molecule has 0 aromatic heterocycles. The summed E-state index contributed by atoms with van der Waals surface area (Å²) in [7, 11) is 0. The van der Waals surface area contributed by atoms with E-state index in [1.807, 2.05) is 0 Å². The topological polar surface area (TPSA) is 20.2 Å². The summed E-state index contributed by atoms with van der Waals surface area (Å²) in [4.78, 5) is 0. The molecule has 12 heavy (non-hydrogen) atoms. The minimum Gasteiger partial charge on any atom is -0.507 e. The third-order valence-corrected chi connectivity index (χ3v) is 1.21. The fraction of sp³-hybridized carbons (Fsp3) is 0.143. The maximum Gasteiger partial charge on any atom is 1.00 e. The van der Waals surface area contributed by atoms with Crippen LogP contribution in [0.25, 0.3) is 0 Å². The van der Waals surface area contributed by atoms with Crippen LogP contribution in [0.2, 0.25) is 0 Å². The second kappa shape index (κ2) is 4.16. The first kappa shape index (κ1) is 11.8. The Bertz CT molecular complexity index is 259. The average Bonchev–Trinajstić information content (AvgIpc) is 1.86. The summed E-state index contributed by atoms with van der Waals surface area (Å²) in [5, 5.41) is 8.73. The average molecular weight is 185 g/mol. The van der Waals surface area contributed by atoms with E-state index in [9.17, 15) is 13.2 Å². The number of para-hydroxylation sites is 1. The number of hydrogen-bond acceptors (Lipinski definition) is 1. The molecule has 5 heteroatoms. The summed E-state index contributed by atoms with van der Waals surface area (Å²) in [6.45, 7) is 0. The first-order chi connectivity index (χ1) is 5.02. The van der Waals surface area contributed by atoms with Crippen molar-refractivity contribution in [3.63, 3.8) is 0 Å². The zero-order valence-electron chi connectivity index (χ0n) is 6.39. The SMILES string of the molecule is Oc1ccccc1C(F)(F)F.[Na+]. The van der Waals surface area contributed by atoms with Gasteiger partial charge in [0.2, 0.25) is 0 Å². The number of alkyl halides is 3. The van der Waals surface area contributed by atoms with Crippen molar-refractivity contribution in [1.29, 1.82) is 0 Å². The van der Waals surface area contributed by atoms with Gasteiger partial charge in [-0.1, -0.05) is 12.1 Å². The molecule has 1 N–H and O–H groups in total. The number of phenolic OH excluding ortho intramolecular Hbond substituents is 1. The number of aromatic hydroxyl groups is 1. The summed E-state index contributed by atoms with van der Waals surface area (Å²) in [6.07, 6.45) is -4.47. The maximum atomic E-state index is 11.9. The van der Waals surface area contributed by atoms with Gasteiger partial charge in [-0.2, -0.15) is 13.2 Å². The Kier molecular flexibility index (Phi) is 4.10. The van der Waals surface area contributed by atoms with Gasteiger partial charge in [-0.05, 0) is 12.1 Å². The van der Waals surface area contributed by atoms with Crippen LogP contribution in [0, 0.1) is 0 Å². The van der Waals surface area contributed by atoms with Gasteiger partial charge in [0, 0.05) is 0 Å². The normalized spacial score (nSPS) is 10.6. The van der Waals surface area contributed by atoms with Crippen LogP contribution in [0.4, 0.5) is 13.2 Å². The second-order valence-electron chi connectivity index (χ2n) is 2.01. The maximum absolute atomic E-state index is 11.9. The van der Waals surface area contributed by atoms with Gasteiger partial charge in [0.05, 0.1) is 5.56 Å². The Labute approximate surface area is 89.5 Å². The molecule has 0 bridgehead atoms. The molecule has 0 aliphatic rings. The van der Waals surface area contributed by atoms with Crippen LogP contribution in [0.5, 0.6) is 5.75 Å². The van der Waals surface area contributed by atoms with Gasteiger partial charge in [0.1, 0.15) is 5.75 Å². The third kappa shape index (κ3) is 2.69. The molecule has 60 valence electrons.